The predicted molar refractivity (Wildman–Crippen MR) is 199 cm³/mol. The fraction of sp³-hybridized carbons (Fsp3) is 0.167. The van der Waals surface area contributed by atoms with E-state index in [9.17, 15) is 25.6 Å². The maximum absolute atomic E-state index is 13.5. The van der Waals surface area contributed by atoms with Crippen LogP contribution in [0.25, 0.3) is 21.8 Å². The number of nitrogens with zero attached hydrogens (tertiary/aromatic N) is 3. The zero-order valence-corrected chi connectivity index (χ0v) is 30.8. The number of aromatic nitrogens is 2. The fourth-order valence-corrected chi connectivity index (χ4v) is 9.57. The van der Waals surface area contributed by atoms with E-state index in [1.807, 2.05) is 30.3 Å². The molecule has 2 aromatic heterocycles. The Morgan fingerprint density at radius 1 is 0.640 bits per heavy atom. The Kier molecular flexibility index (Phi) is 10.4. The third kappa shape index (κ3) is 7.06. The molecule has 0 amide bonds. The Morgan fingerprint density at radius 2 is 1.12 bits per heavy atom. The first-order chi connectivity index (χ1) is 23.5. The first-order valence-electron chi connectivity index (χ1n) is 15.4. The summed E-state index contributed by atoms with van der Waals surface area (Å²) in [6, 6.07) is 24.6. The van der Waals surface area contributed by atoms with Crippen LogP contribution in [0.4, 0.5) is 14.5 Å². The van der Waals surface area contributed by atoms with Crippen LogP contribution in [0.1, 0.15) is 0 Å². The van der Waals surface area contributed by atoms with Gasteiger partial charge in [0, 0.05) is 52.9 Å². The van der Waals surface area contributed by atoms with Gasteiger partial charge in [0.05, 0.1) is 36.3 Å². The molecule has 258 valence electrons. The zero-order chi connectivity index (χ0) is 34.3. The summed E-state index contributed by atoms with van der Waals surface area (Å²) >= 11 is 2.15. The highest BCUT2D eigenvalue weighted by Gasteiger charge is 2.36. The van der Waals surface area contributed by atoms with Crippen molar-refractivity contribution in [2.75, 3.05) is 31.1 Å². The third-order valence-corrected chi connectivity index (χ3v) is 13.2. The first kappa shape index (κ1) is 36.0. The summed E-state index contributed by atoms with van der Waals surface area (Å²) in [6.45, 7) is 4.08. The van der Waals surface area contributed by atoms with Crippen LogP contribution in [0.5, 0.6) is 0 Å². The smallest absolute Gasteiger partial charge is 0.208 e. The van der Waals surface area contributed by atoms with Gasteiger partial charge in [0.1, 0.15) is 11.6 Å². The molecule has 8 rings (SSSR count). The van der Waals surface area contributed by atoms with Crippen molar-refractivity contribution >= 4 is 82.2 Å². The van der Waals surface area contributed by atoms with Crippen molar-refractivity contribution in [3.05, 3.63) is 125 Å². The minimum atomic E-state index is -3.82. The van der Waals surface area contributed by atoms with E-state index >= 15 is 0 Å². The molecular formula is C36H30ClF2IN4O4S2. The largest absolute Gasteiger partial charge is 0.369 e. The number of benzene rings is 4. The van der Waals surface area contributed by atoms with Crippen LogP contribution in [0.3, 0.4) is 0 Å². The molecule has 2 atom stereocenters. The van der Waals surface area contributed by atoms with Gasteiger partial charge < -0.3 is 10.2 Å². The van der Waals surface area contributed by atoms with Gasteiger partial charge in [-0.15, -0.1) is 12.4 Å². The molecule has 0 aliphatic carbocycles. The quantitative estimate of drug-likeness (QED) is 0.183. The lowest BCUT2D eigenvalue weighted by atomic mass is 10.0. The minimum absolute atomic E-state index is 0. The van der Waals surface area contributed by atoms with Crippen molar-refractivity contribution in [2.24, 2.45) is 11.8 Å². The van der Waals surface area contributed by atoms with Gasteiger partial charge in [0.2, 0.25) is 19.7 Å². The number of para-hydroxylation sites is 2. The van der Waals surface area contributed by atoms with Gasteiger partial charge in [-0.25, -0.2) is 25.6 Å². The van der Waals surface area contributed by atoms with E-state index in [1.54, 1.807) is 18.2 Å². The summed E-state index contributed by atoms with van der Waals surface area (Å²) in [7, 11) is -7.59. The summed E-state index contributed by atoms with van der Waals surface area (Å²) in [4.78, 5) is 11.1. The summed E-state index contributed by atoms with van der Waals surface area (Å²) in [5, 5.41) is 4.95. The van der Waals surface area contributed by atoms with Gasteiger partial charge in [-0.2, -0.15) is 0 Å². The average Bonchev–Trinajstić information content (AvgIpc) is 3.71. The molecule has 6 aromatic rings. The number of nitrogens with one attached hydrogen (secondary N) is 1. The summed E-state index contributed by atoms with van der Waals surface area (Å²) in [5.74, 6) is 0.149. The molecular weight excluding hydrogens is 817 g/mol. The van der Waals surface area contributed by atoms with Crippen LogP contribution in [0.2, 0.25) is 0 Å². The second-order valence-electron chi connectivity index (χ2n) is 12.0. The molecule has 0 unspecified atom stereocenters. The fourth-order valence-electron chi connectivity index (χ4n) is 6.37. The Balaban J connectivity index is 0.000000177. The lowest BCUT2D eigenvalue weighted by molar-refractivity contribution is 0.533. The maximum atomic E-state index is 13.5. The van der Waals surface area contributed by atoms with Crippen molar-refractivity contribution in [3.63, 3.8) is 0 Å². The molecule has 14 heteroatoms. The van der Waals surface area contributed by atoms with Crippen molar-refractivity contribution < 1.29 is 25.6 Å². The highest BCUT2D eigenvalue weighted by Crippen LogP contribution is 2.35. The third-order valence-electron chi connectivity index (χ3n) is 8.86. The van der Waals surface area contributed by atoms with Crippen LogP contribution in [0, 0.1) is 27.0 Å². The van der Waals surface area contributed by atoms with Gasteiger partial charge in [-0.1, -0.05) is 36.4 Å². The maximum Gasteiger partial charge on any atom is 0.208 e. The molecule has 8 nitrogen and oxygen atoms in total. The Morgan fingerprint density at radius 3 is 1.66 bits per heavy atom. The first-order valence-corrected chi connectivity index (χ1v) is 19.5. The molecule has 2 aliphatic heterocycles. The van der Waals surface area contributed by atoms with Crippen molar-refractivity contribution in [1.82, 2.24) is 15.3 Å². The van der Waals surface area contributed by atoms with Gasteiger partial charge in [-0.05, 0) is 95.1 Å². The van der Waals surface area contributed by atoms with E-state index in [4.69, 9.17) is 0 Å². The van der Waals surface area contributed by atoms with Crippen LogP contribution in [-0.2, 0) is 19.7 Å². The van der Waals surface area contributed by atoms with Crippen LogP contribution in [-0.4, -0.2) is 53.0 Å². The van der Waals surface area contributed by atoms with E-state index in [1.165, 1.54) is 48.8 Å². The van der Waals surface area contributed by atoms with Gasteiger partial charge >= 0.3 is 0 Å². The molecule has 50 heavy (non-hydrogen) atoms. The highest BCUT2D eigenvalue weighted by atomic mass is 127. The molecule has 2 fully saturated rings. The van der Waals surface area contributed by atoms with E-state index < -0.39 is 31.3 Å². The van der Waals surface area contributed by atoms with Crippen molar-refractivity contribution in [3.8, 4) is 0 Å². The number of halogens is 4. The van der Waals surface area contributed by atoms with Crippen LogP contribution < -0.4 is 10.2 Å². The van der Waals surface area contributed by atoms with Gasteiger partial charge in [0.25, 0.3) is 0 Å². The van der Waals surface area contributed by atoms with E-state index in [0.717, 1.165) is 69.4 Å². The molecule has 0 spiro atoms. The number of hydrogen-bond donors (Lipinski definition) is 1. The topological polar surface area (TPSA) is 109 Å². The normalized spacial score (nSPS) is 17.2. The summed E-state index contributed by atoms with van der Waals surface area (Å²) < 4.78 is 78.5. The van der Waals surface area contributed by atoms with Gasteiger partial charge in [0.15, 0.2) is 0 Å². The standard InChI is InChI=1S/C21H20FN3O2S.C15H9FINO2S.ClH/c22-17-4-2-5-18(8-17)28(26,27)19-7-14-3-1-6-20(21(14)24-11-19)25-12-15-9-23-10-16(15)13-25;16-11-4-2-5-12(8-11)21(19,20)13-7-10-3-1-6-14(17)15(10)18-9-13;/h1-8,11,15-16,23H,9-10,12-13H2;1-9H;1H/t15-,16+;;. The Hall–Kier alpha value is -3.76. The molecule has 2 saturated heterocycles. The molecule has 0 radical (unpaired) electrons. The lowest BCUT2D eigenvalue weighted by Gasteiger charge is -2.21. The number of anilines is 1. The van der Waals surface area contributed by atoms with Crippen molar-refractivity contribution in [1.29, 1.82) is 0 Å². The van der Waals surface area contributed by atoms with Crippen LogP contribution >= 0.6 is 35.0 Å². The minimum Gasteiger partial charge on any atom is -0.369 e. The molecule has 4 aromatic carbocycles. The number of hydrogen-bond acceptors (Lipinski definition) is 8. The monoisotopic (exact) mass is 846 g/mol. The molecule has 4 heterocycles. The zero-order valence-electron chi connectivity index (χ0n) is 26.2. The van der Waals surface area contributed by atoms with Crippen molar-refractivity contribution in [2.45, 2.75) is 19.6 Å². The van der Waals surface area contributed by atoms with Crippen LogP contribution in [0.15, 0.2) is 129 Å². The summed E-state index contributed by atoms with van der Waals surface area (Å²) in [5.41, 5.74) is 2.59. The Bertz CT molecular complexity index is 2440. The van der Waals surface area contributed by atoms with E-state index in [-0.39, 0.29) is 32.0 Å². The lowest BCUT2D eigenvalue weighted by Crippen LogP contribution is -2.25. The molecule has 0 saturated carbocycles. The number of pyridine rings is 2. The molecule has 2 aliphatic rings. The number of rotatable bonds is 5. The highest BCUT2D eigenvalue weighted by molar-refractivity contribution is 14.1. The second kappa shape index (κ2) is 14.5. The van der Waals surface area contributed by atoms with Gasteiger partial charge in [-0.3, -0.25) is 9.97 Å². The molecule has 1 N–H and O–H groups in total. The van der Waals surface area contributed by atoms with E-state index in [2.05, 4.69) is 42.8 Å². The summed E-state index contributed by atoms with van der Waals surface area (Å²) in [6.07, 6.45) is 2.69. The number of sulfone groups is 2. The number of fused-ring (bicyclic) bond motifs is 3. The van der Waals surface area contributed by atoms with E-state index in [0.29, 0.717) is 11.8 Å². The Labute approximate surface area is 308 Å². The average molecular weight is 847 g/mol. The predicted octanol–water partition coefficient (Wildman–Crippen LogP) is 7.10. The SMILES string of the molecule is Cl.O=S(=O)(c1cccc(F)c1)c1cnc2c(I)cccc2c1.O=S(=O)(c1cccc(F)c1)c1cnc2c(N3C[C@H]4CNC[C@H]4C3)cccc2c1. The second-order valence-corrected chi connectivity index (χ2v) is 17.1. The molecule has 0 bridgehead atoms.